The number of likely N-dealkylation sites (N-methyl/N-ethyl adjacent to an activating group) is 1. The topological polar surface area (TPSA) is 48.0 Å². The summed E-state index contributed by atoms with van der Waals surface area (Å²) in [5.74, 6) is 1.72. The first kappa shape index (κ1) is 17.6. The molecular weight excluding hydrogens is 386 g/mol. The van der Waals surface area contributed by atoms with E-state index in [4.69, 9.17) is 14.2 Å². The lowest BCUT2D eigenvalue weighted by Gasteiger charge is -2.18. The third kappa shape index (κ3) is 3.06. The summed E-state index contributed by atoms with van der Waals surface area (Å²) in [7, 11) is 6.60. The largest absolute Gasteiger partial charge is 0.496 e. The highest BCUT2D eigenvalue weighted by molar-refractivity contribution is 9.10. The fourth-order valence-corrected chi connectivity index (χ4v) is 3.65. The number of amides is 1. The van der Waals surface area contributed by atoms with E-state index in [-0.39, 0.29) is 11.8 Å². The van der Waals surface area contributed by atoms with Gasteiger partial charge in [0.25, 0.3) is 0 Å². The lowest BCUT2D eigenvalue weighted by molar-refractivity contribution is -0.119. The van der Waals surface area contributed by atoms with Crippen molar-refractivity contribution in [2.24, 2.45) is 0 Å². The van der Waals surface area contributed by atoms with Crippen LogP contribution in [0.2, 0.25) is 0 Å². The van der Waals surface area contributed by atoms with Gasteiger partial charge >= 0.3 is 0 Å². The van der Waals surface area contributed by atoms with Crippen LogP contribution in [0.15, 0.2) is 34.8 Å². The Bertz CT molecular complexity index is 796. The van der Waals surface area contributed by atoms with Crippen molar-refractivity contribution < 1.29 is 19.0 Å². The third-order valence-corrected chi connectivity index (χ3v) is 5.07. The van der Waals surface area contributed by atoms with Crippen LogP contribution in [0.25, 0.3) is 0 Å². The van der Waals surface area contributed by atoms with Gasteiger partial charge in [-0.3, -0.25) is 4.79 Å². The lowest BCUT2D eigenvalue weighted by atomic mass is 9.92. The molecule has 0 unspecified atom stereocenters. The van der Waals surface area contributed by atoms with Crippen molar-refractivity contribution in [3.8, 4) is 17.2 Å². The first-order valence-corrected chi connectivity index (χ1v) is 8.65. The standard InChI is InChI=1S/C19H20BrNO4/c1-21-16-6-5-11(20)7-13(16)14(19(21)22)10-15-17(24-3)8-12(23-2)9-18(15)25-4/h5-9,14H,10H2,1-4H3/t14-/m0/s1. The molecule has 0 saturated carbocycles. The maximum absolute atomic E-state index is 12.8. The number of hydrogen-bond donors (Lipinski definition) is 0. The third-order valence-electron chi connectivity index (χ3n) is 4.58. The van der Waals surface area contributed by atoms with Gasteiger partial charge in [-0.2, -0.15) is 0 Å². The minimum absolute atomic E-state index is 0.0630. The molecule has 1 aliphatic rings. The smallest absolute Gasteiger partial charge is 0.234 e. The van der Waals surface area contributed by atoms with Gasteiger partial charge in [-0.15, -0.1) is 0 Å². The molecule has 1 heterocycles. The van der Waals surface area contributed by atoms with E-state index in [0.29, 0.717) is 23.7 Å². The minimum Gasteiger partial charge on any atom is -0.496 e. The molecule has 0 aromatic heterocycles. The first-order chi connectivity index (χ1) is 12.0. The van der Waals surface area contributed by atoms with Crippen molar-refractivity contribution in [1.29, 1.82) is 0 Å². The number of rotatable bonds is 5. The Balaban J connectivity index is 2.06. The van der Waals surface area contributed by atoms with Gasteiger partial charge in [0, 0.05) is 34.9 Å². The molecule has 2 aromatic rings. The molecule has 2 aromatic carbocycles. The predicted molar refractivity (Wildman–Crippen MR) is 100 cm³/mol. The van der Waals surface area contributed by atoms with E-state index in [1.807, 2.05) is 30.3 Å². The summed E-state index contributed by atoms with van der Waals surface area (Å²) < 4.78 is 17.3. The summed E-state index contributed by atoms with van der Waals surface area (Å²) in [5.41, 5.74) is 2.79. The fraction of sp³-hybridized carbons (Fsp3) is 0.316. The number of nitrogens with zero attached hydrogens (tertiary/aromatic N) is 1. The lowest BCUT2D eigenvalue weighted by Crippen LogP contribution is -2.25. The van der Waals surface area contributed by atoms with Crippen LogP contribution >= 0.6 is 15.9 Å². The van der Waals surface area contributed by atoms with E-state index >= 15 is 0 Å². The van der Waals surface area contributed by atoms with Crippen LogP contribution < -0.4 is 19.1 Å². The van der Waals surface area contributed by atoms with Crippen molar-refractivity contribution in [2.45, 2.75) is 12.3 Å². The van der Waals surface area contributed by atoms with Gasteiger partial charge < -0.3 is 19.1 Å². The molecule has 1 atom stereocenters. The van der Waals surface area contributed by atoms with Gasteiger partial charge in [-0.1, -0.05) is 15.9 Å². The molecular formula is C19H20BrNO4. The van der Waals surface area contributed by atoms with Gasteiger partial charge in [0.15, 0.2) is 0 Å². The summed E-state index contributed by atoms with van der Waals surface area (Å²) >= 11 is 3.50. The van der Waals surface area contributed by atoms with Crippen LogP contribution in [0.3, 0.4) is 0 Å². The molecule has 132 valence electrons. The number of benzene rings is 2. The van der Waals surface area contributed by atoms with E-state index in [1.165, 1.54) is 0 Å². The summed E-state index contributed by atoms with van der Waals surface area (Å²) in [6, 6.07) is 9.52. The zero-order valence-corrected chi connectivity index (χ0v) is 16.2. The summed E-state index contributed by atoms with van der Waals surface area (Å²) in [4.78, 5) is 14.5. The van der Waals surface area contributed by atoms with Crippen LogP contribution in [0, 0.1) is 0 Å². The molecule has 3 rings (SSSR count). The monoisotopic (exact) mass is 405 g/mol. The number of anilines is 1. The molecule has 1 amide bonds. The zero-order valence-electron chi connectivity index (χ0n) is 14.6. The average molecular weight is 406 g/mol. The van der Waals surface area contributed by atoms with E-state index < -0.39 is 0 Å². The summed E-state index contributed by atoms with van der Waals surface area (Å²) in [5, 5.41) is 0. The van der Waals surface area contributed by atoms with Gasteiger partial charge in [0.05, 0.1) is 27.2 Å². The average Bonchev–Trinajstić information content (AvgIpc) is 2.85. The molecule has 25 heavy (non-hydrogen) atoms. The molecule has 1 aliphatic heterocycles. The SMILES string of the molecule is COc1cc(OC)c(C[C@@H]2C(=O)N(C)c3ccc(Br)cc32)c(OC)c1. The van der Waals surface area contributed by atoms with Gasteiger partial charge in [0.2, 0.25) is 5.91 Å². The van der Waals surface area contributed by atoms with Crippen molar-refractivity contribution in [3.05, 3.63) is 45.9 Å². The highest BCUT2D eigenvalue weighted by Crippen LogP contribution is 2.43. The highest BCUT2D eigenvalue weighted by Gasteiger charge is 2.36. The molecule has 6 heteroatoms. The Hall–Kier alpha value is -2.21. The Morgan fingerprint density at radius 1 is 1.04 bits per heavy atom. The Labute approximate surface area is 155 Å². The number of hydrogen-bond acceptors (Lipinski definition) is 4. The number of carbonyl (C=O) groups is 1. The number of carbonyl (C=O) groups excluding carboxylic acids is 1. The first-order valence-electron chi connectivity index (χ1n) is 7.86. The van der Waals surface area contributed by atoms with Gasteiger partial charge in [-0.25, -0.2) is 0 Å². The van der Waals surface area contributed by atoms with Crippen LogP contribution in [-0.4, -0.2) is 34.3 Å². The zero-order chi connectivity index (χ0) is 18.1. The molecule has 0 N–H and O–H groups in total. The molecule has 0 spiro atoms. The molecule has 0 saturated heterocycles. The Kier molecular flexibility index (Phi) is 4.90. The molecule has 0 bridgehead atoms. The number of fused-ring (bicyclic) bond motifs is 1. The molecule has 5 nitrogen and oxygen atoms in total. The minimum atomic E-state index is -0.284. The van der Waals surface area contributed by atoms with E-state index in [9.17, 15) is 4.79 Å². The molecule has 0 radical (unpaired) electrons. The summed E-state index contributed by atoms with van der Waals surface area (Å²) in [6.45, 7) is 0. The van der Waals surface area contributed by atoms with Crippen molar-refractivity contribution >= 4 is 27.5 Å². The number of methoxy groups -OCH3 is 3. The van der Waals surface area contributed by atoms with Crippen molar-refractivity contribution in [2.75, 3.05) is 33.3 Å². The number of halogens is 1. The summed E-state index contributed by atoms with van der Waals surface area (Å²) in [6.07, 6.45) is 0.489. The van der Waals surface area contributed by atoms with E-state index in [2.05, 4.69) is 15.9 Å². The second-order valence-electron chi connectivity index (χ2n) is 5.87. The fourth-order valence-electron chi connectivity index (χ4n) is 3.28. The van der Waals surface area contributed by atoms with Crippen LogP contribution in [0.1, 0.15) is 17.0 Å². The highest BCUT2D eigenvalue weighted by atomic mass is 79.9. The second-order valence-corrected chi connectivity index (χ2v) is 6.78. The maximum atomic E-state index is 12.8. The van der Waals surface area contributed by atoms with Crippen molar-refractivity contribution in [3.63, 3.8) is 0 Å². The van der Waals surface area contributed by atoms with Crippen LogP contribution in [0.4, 0.5) is 5.69 Å². The van der Waals surface area contributed by atoms with Crippen LogP contribution in [-0.2, 0) is 11.2 Å². The Morgan fingerprint density at radius 2 is 1.68 bits per heavy atom. The quantitative estimate of drug-likeness (QED) is 0.759. The normalized spacial score (nSPS) is 16.0. The predicted octanol–water partition coefficient (Wildman–Crippen LogP) is 3.78. The van der Waals surface area contributed by atoms with Crippen LogP contribution in [0.5, 0.6) is 17.2 Å². The molecule has 0 aliphatic carbocycles. The van der Waals surface area contributed by atoms with E-state index in [0.717, 1.165) is 21.3 Å². The number of ether oxygens (including phenoxy) is 3. The van der Waals surface area contributed by atoms with Gasteiger partial charge in [0.1, 0.15) is 17.2 Å². The maximum Gasteiger partial charge on any atom is 0.234 e. The van der Waals surface area contributed by atoms with Crippen molar-refractivity contribution in [1.82, 2.24) is 0 Å². The van der Waals surface area contributed by atoms with E-state index in [1.54, 1.807) is 33.3 Å². The van der Waals surface area contributed by atoms with Gasteiger partial charge in [-0.05, 0) is 30.2 Å². The second kappa shape index (κ2) is 6.96. The molecule has 0 fully saturated rings. The Morgan fingerprint density at radius 3 is 2.24 bits per heavy atom.